The van der Waals surface area contributed by atoms with Crippen LogP contribution < -0.4 is 0 Å². The van der Waals surface area contributed by atoms with E-state index in [-0.39, 0.29) is 42.3 Å². The summed E-state index contributed by atoms with van der Waals surface area (Å²) in [6, 6.07) is 0.0408. The molecule has 3 saturated heterocycles. The molecule has 0 aliphatic carbocycles. The zero-order chi connectivity index (χ0) is 19.7. The number of aromatic amines is 1. The number of morpholine rings is 1. The summed E-state index contributed by atoms with van der Waals surface area (Å²) in [6.45, 7) is 6.73. The zero-order valence-corrected chi connectivity index (χ0v) is 17.7. The molecule has 0 aromatic carbocycles. The van der Waals surface area contributed by atoms with Crippen LogP contribution in [0.3, 0.4) is 0 Å². The van der Waals surface area contributed by atoms with Gasteiger partial charge >= 0.3 is 6.03 Å². The average Bonchev–Trinajstić information content (AvgIpc) is 3.32. The number of carbonyl (C=O) groups excluding carboxylic acids is 2. The van der Waals surface area contributed by atoms with Gasteiger partial charge in [0.2, 0.25) is 5.91 Å². The van der Waals surface area contributed by atoms with Gasteiger partial charge in [-0.2, -0.15) is 5.10 Å². The summed E-state index contributed by atoms with van der Waals surface area (Å²) in [7, 11) is 1.53. The third-order valence-electron chi connectivity index (χ3n) is 6.18. The number of hydrogen-bond acceptors (Lipinski definition) is 6. The van der Waals surface area contributed by atoms with Gasteiger partial charge in [-0.1, -0.05) is 0 Å². The van der Waals surface area contributed by atoms with Crippen LogP contribution in [0.1, 0.15) is 18.1 Å². The van der Waals surface area contributed by atoms with E-state index in [4.69, 9.17) is 9.47 Å². The molecule has 162 valence electrons. The maximum absolute atomic E-state index is 13.1. The van der Waals surface area contributed by atoms with Crippen molar-refractivity contribution in [3.63, 3.8) is 0 Å². The minimum Gasteiger partial charge on any atom is -0.378 e. The summed E-state index contributed by atoms with van der Waals surface area (Å²) in [4.78, 5) is 35.7. The number of ether oxygens (including phenoxy) is 2. The van der Waals surface area contributed by atoms with Crippen molar-refractivity contribution in [1.82, 2.24) is 29.9 Å². The molecule has 4 rings (SSSR count). The quantitative estimate of drug-likeness (QED) is 0.728. The number of halogens is 1. The number of H-pyrrole nitrogens is 1. The lowest BCUT2D eigenvalue weighted by molar-refractivity contribution is -0.137. The molecule has 29 heavy (non-hydrogen) atoms. The minimum absolute atomic E-state index is 0. The number of rotatable bonds is 3. The lowest BCUT2D eigenvalue weighted by Gasteiger charge is -2.41. The van der Waals surface area contributed by atoms with E-state index in [0.29, 0.717) is 52.5 Å². The molecule has 0 unspecified atom stereocenters. The van der Waals surface area contributed by atoms with Crippen molar-refractivity contribution in [2.45, 2.75) is 18.8 Å². The number of aromatic nitrogens is 3. The summed E-state index contributed by atoms with van der Waals surface area (Å²) in [5.41, 5.74) is -0.323. The van der Waals surface area contributed by atoms with Gasteiger partial charge in [0.1, 0.15) is 12.4 Å². The normalized spacial score (nSPS) is 26.8. The summed E-state index contributed by atoms with van der Waals surface area (Å²) < 4.78 is 10.4. The number of nitrogens with one attached hydrogen (secondary N) is 1. The van der Waals surface area contributed by atoms with Crippen molar-refractivity contribution in [3.8, 4) is 0 Å². The molecule has 0 radical (unpaired) electrons. The number of aryl methyl sites for hydroxylation is 1. The average molecular weight is 429 g/mol. The van der Waals surface area contributed by atoms with E-state index in [0.717, 1.165) is 18.1 Å². The fraction of sp³-hybridized carbons (Fsp3) is 0.778. The van der Waals surface area contributed by atoms with E-state index in [1.807, 2.05) is 21.6 Å². The van der Waals surface area contributed by atoms with Crippen LogP contribution in [0.25, 0.3) is 0 Å². The van der Waals surface area contributed by atoms with E-state index >= 15 is 0 Å². The molecule has 4 heterocycles. The molecule has 0 saturated carbocycles. The highest BCUT2D eigenvalue weighted by Gasteiger charge is 2.55. The number of nitrogens with zero attached hydrogens (tertiary/aromatic N) is 5. The Bertz CT molecular complexity index is 740. The van der Waals surface area contributed by atoms with Crippen LogP contribution in [0.5, 0.6) is 0 Å². The first kappa shape index (κ1) is 21.8. The van der Waals surface area contributed by atoms with E-state index < -0.39 is 0 Å². The van der Waals surface area contributed by atoms with Gasteiger partial charge in [-0.3, -0.25) is 9.89 Å². The lowest BCUT2D eigenvalue weighted by Crippen LogP contribution is -2.52. The molecule has 0 spiro atoms. The van der Waals surface area contributed by atoms with E-state index in [9.17, 15) is 9.59 Å². The Morgan fingerprint density at radius 2 is 1.93 bits per heavy atom. The summed E-state index contributed by atoms with van der Waals surface area (Å²) in [6.07, 6.45) is 0.733. The lowest BCUT2D eigenvalue weighted by atomic mass is 9.72. The number of likely N-dealkylation sites (tertiary alicyclic amines) is 2. The number of fused-ring (bicyclic) bond motifs is 1. The zero-order valence-electron chi connectivity index (χ0n) is 16.9. The molecule has 10 nitrogen and oxygen atoms in total. The highest BCUT2D eigenvalue weighted by Crippen LogP contribution is 2.44. The summed E-state index contributed by atoms with van der Waals surface area (Å²) in [5.74, 6) is 1.60. The van der Waals surface area contributed by atoms with Gasteiger partial charge in [-0.15, -0.1) is 12.4 Å². The standard InChI is InChI=1S/C18H28N6O4.ClH/c1-13-19-16(21-20-13)18-3-4-23(15(25)11-27-2)9-14(18)10-24(12-18)17(26)22-5-7-28-8-6-22;/h14H,3-12H2,1-2H3,(H,19,20,21);1H/t14-,18-;/m1./s1. The first-order chi connectivity index (χ1) is 13.5. The van der Waals surface area contributed by atoms with Crippen LogP contribution in [-0.2, 0) is 19.7 Å². The van der Waals surface area contributed by atoms with Crippen molar-refractivity contribution in [1.29, 1.82) is 0 Å². The number of hydrogen-bond donors (Lipinski definition) is 1. The van der Waals surface area contributed by atoms with Crippen LogP contribution in [0.4, 0.5) is 4.79 Å². The van der Waals surface area contributed by atoms with Crippen LogP contribution in [0, 0.1) is 12.8 Å². The molecule has 3 amide bonds. The van der Waals surface area contributed by atoms with Crippen LogP contribution >= 0.6 is 12.4 Å². The second-order valence-electron chi connectivity index (χ2n) is 7.88. The Kier molecular flexibility index (Phi) is 6.65. The predicted octanol–water partition coefficient (Wildman–Crippen LogP) is 0.0354. The SMILES string of the molecule is COCC(=O)N1CC[C@@]2(c3n[nH]c(C)n3)CN(C(=O)N3CCOCC3)C[C@H]2C1.Cl. The molecule has 3 aliphatic rings. The second-order valence-corrected chi connectivity index (χ2v) is 7.88. The highest BCUT2D eigenvalue weighted by atomic mass is 35.5. The maximum atomic E-state index is 13.1. The summed E-state index contributed by atoms with van der Waals surface area (Å²) in [5, 5.41) is 7.39. The van der Waals surface area contributed by atoms with Crippen molar-refractivity contribution in [2.75, 3.05) is 66.2 Å². The minimum atomic E-state index is -0.323. The Hall–Kier alpha value is -1.91. The van der Waals surface area contributed by atoms with Crippen LogP contribution in [-0.4, -0.2) is 108 Å². The smallest absolute Gasteiger partial charge is 0.320 e. The molecule has 0 bridgehead atoms. The fourth-order valence-electron chi connectivity index (χ4n) is 4.65. The molecular formula is C18H29ClN6O4. The van der Waals surface area contributed by atoms with Gasteiger partial charge in [-0.05, 0) is 13.3 Å². The van der Waals surface area contributed by atoms with E-state index in [1.54, 1.807) is 0 Å². The molecular weight excluding hydrogens is 400 g/mol. The van der Waals surface area contributed by atoms with Crippen molar-refractivity contribution in [2.24, 2.45) is 5.92 Å². The second kappa shape index (κ2) is 8.85. The first-order valence-electron chi connectivity index (χ1n) is 9.81. The molecule has 11 heteroatoms. The van der Waals surface area contributed by atoms with Crippen molar-refractivity contribution >= 4 is 24.3 Å². The molecule has 1 aromatic rings. The Labute approximate surface area is 176 Å². The molecule has 1 N–H and O–H groups in total. The summed E-state index contributed by atoms with van der Waals surface area (Å²) >= 11 is 0. The maximum Gasteiger partial charge on any atom is 0.320 e. The highest BCUT2D eigenvalue weighted by molar-refractivity contribution is 5.85. The number of urea groups is 1. The van der Waals surface area contributed by atoms with E-state index in [1.165, 1.54) is 7.11 Å². The Morgan fingerprint density at radius 3 is 2.59 bits per heavy atom. The van der Waals surface area contributed by atoms with Gasteiger partial charge < -0.3 is 24.2 Å². The van der Waals surface area contributed by atoms with Crippen molar-refractivity contribution in [3.05, 3.63) is 11.6 Å². The third-order valence-corrected chi connectivity index (χ3v) is 6.18. The monoisotopic (exact) mass is 428 g/mol. The van der Waals surface area contributed by atoms with Gasteiger partial charge in [-0.25, -0.2) is 9.78 Å². The van der Waals surface area contributed by atoms with Gasteiger partial charge in [0.25, 0.3) is 0 Å². The Morgan fingerprint density at radius 1 is 1.21 bits per heavy atom. The van der Waals surface area contributed by atoms with E-state index in [2.05, 4.69) is 15.2 Å². The van der Waals surface area contributed by atoms with Gasteiger partial charge in [0, 0.05) is 52.3 Å². The molecule has 3 aliphatic heterocycles. The first-order valence-corrected chi connectivity index (χ1v) is 9.81. The molecule has 2 atom stereocenters. The van der Waals surface area contributed by atoms with Crippen LogP contribution in [0.15, 0.2) is 0 Å². The van der Waals surface area contributed by atoms with Gasteiger partial charge in [0.15, 0.2) is 5.82 Å². The Balaban J connectivity index is 0.00000240. The third kappa shape index (κ3) is 4.06. The molecule has 3 fully saturated rings. The largest absolute Gasteiger partial charge is 0.378 e. The molecule has 1 aromatic heterocycles. The topological polar surface area (TPSA) is 104 Å². The van der Waals surface area contributed by atoms with Crippen molar-refractivity contribution < 1.29 is 19.1 Å². The number of methoxy groups -OCH3 is 1. The number of carbonyl (C=O) groups is 2. The predicted molar refractivity (Wildman–Crippen MR) is 106 cm³/mol. The number of piperidine rings is 1. The number of amides is 3. The van der Waals surface area contributed by atoms with Gasteiger partial charge in [0.05, 0.1) is 18.6 Å². The fourth-order valence-corrected chi connectivity index (χ4v) is 4.65. The van der Waals surface area contributed by atoms with Crippen LogP contribution in [0.2, 0.25) is 0 Å².